The van der Waals surface area contributed by atoms with Gasteiger partial charge in [0.15, 0.2) is 0 Å². The van der Waals surface area contributed by atoms with Crippen molar-refractivity contribution in [3.63, 3.8) is 0 Å². The van der Waals surface area contributed by atoms with Gasteiger partial charge in [-0.2, -0.15) is 0 Å². The Balaban J connectivity index is 2.35. The second-order valence-electron chi connectivity index (χ2n) is 4.10. The predicted octanol–water partition coefficient (Wildman–Crippen LogP) is 0.473. The molecule has 0 unspecified atom stereocenters. The summed E-state index contributed by atoms with van der Waals surface area (Å²) in [5.41, 5.74) is 5.82. The van der Waals surface area contributed by atoms with Crippen LogP contribution in [-0.2, 0) is 10.0 Å². The fourth-order valence-corrected chi connectivity index (χ4v) is 2.85. The van der Waals surface area contributed by atoms with Crippen molar-refractivity contribution in [1.82, 2.24) is 4.72 Å². The van der Waals surface area contributed by atoms with E-state index < -0.39 is 10.0 Å². The highest BCUT2D eigenvalue weighted by molar-refractivity contribution is 7.89. The first-order valence-corrected chi connectivity index (χ1v) is 7.47. The molecule has 0 saturated heterocycles. The summed E-state index contributed by atoms with van der Waals surface area (Å²) in [6.45, 7) is 2.44. The molecule has 0 radical (unpaired) electrons. The molecule has 0 aliphatic heterocycles. The molecule has 0 bridgehead atoms. The predicted molar refractivity (Wildman–Crippen MR) is 65.9 cm³/mol. The Morgan fingerprint density at radius 2 is 2.06 bits per heavy atom. The average molecular weight is 247 g/mol. The van der Waals surface area contributed by atoms with Crippen LogP contribution in [0.25, 0.3) is 0 Å². The first kappa shape index (κ1) is 13.4. The minimum atomic E-state index is -3.16. The number of hydrogen-bond acceptors (Lipinski definition) is 3. The second-order valence-corrected chi connectivity index (χ2v) is 6.03. The molecular weight excluding hydrogens is 226 g/mol. The molecule has 1 saturated carbocycles. The molecule has 0 spiro atoms. The molecule has 3 N–H and O–H groups in total. The third-order valence-electron chi connectivity index (χ3n) is 2.79. The van der Waals surface area contributed by atoms with Crippen LogP contribution in [0.1, 0.15) is 32.6 Å². The Labute approximate surface area is 97.6 Å². The van der Waals surface area contributed by atoms with Crippen molar-refractivity contribution >= 4 is 15.9 Å². The van der Waals surface area contributed by atoms with E-state index >= 15 is 0 Å². The van der Waals surface area contributed by atoms with E-state index in [4.69, 9.17) is 5.73 Å². The van der Waals surface area contributed by atoms with Gasteiger partial charge in [0.25, 0.3) is 0 Å². The van der Waals surface area contributed by atoms with Gasteiger partial charge in [0.05, 0.1) is 18.1 Å². The maximum absolute atomic E-state index is 11.3. The van der Waals surface area contributed by atoms with Crippen LogP contribution >= 0.6 is 0 Å². The summed E-state index contributed by atoms with van der Waals surface area (Å²) in [4.78, 5) is 4.15. The molecule has 6 heteroatoms. The van der Waals surface area contributed by atoms with E-state index in [1.54, 1.807) is 6.92 Å². The smallest absolute Gasteiger partial charge is 0.213 e. The molecule has 94 valence electrons. The van der Waals surface area contributed by atoms with Crippen molar-refractivity contribution < 1.29 is 8.42 Å². The van der Waals surface area contributed by atoms with E-state index in [9.17, 15) is 8.42 Å². The molecule has 0 aromatic heterocycles. The molecule has 1 fully saturated rings. The minimum absolute atomic E-state index is 0.0221. The van der Waals surface area contributed by atoms with Gasteiger partial charge >= 0.3 is 0 Å². The van der Waals surface area contributed by atoms with Crippen molar-refractivity contribution in [2.75, 3.05) is 18.8 Å². The molecular formula is C10H21N3O2S. The highest BCUT2D eigenvalue weighted by Crippen LogP contribution is 2.24. The molecule has 1 rings (SSSR count). The first-order chi connectivity index (χ1) is 7.55. The van der Waals surface area contributed by atoms with Crippen LogP contribution in [0.4, 0.5) is 0 Å². The van der Waals surface area contributed by atoms with E-state index in [-0.39, 0.29) is 12.3 Å². The summed E-state index contributed by atoms with van der Waals surface area (Å²) < 4.78 is 25.1. The summed E-state index contributed by atoms with van der Waals surface area (Å²) in [5, 5.41) is 0. The third-order valence-corrected chi connectivity index (χ3v) is 4.24. The van der Waals surface area contributed by atoms with Crippen molar-refractivity contribution in [3.05, 3.63) is 0 Å². The van der Waals surface area contributed by atoms with Crippen LogP contribution < -0.4 is 10.5 Å². The second kappa shape index (κ2) is 6.20. The average Bonchev–Trinajstić information content (AvgIpc) is 2.69. The number of aliphatic imine (C=N–C) groups is 1. The van der Waals surface area contributed by atoms with Crippen LogP contribution in [0, 0.1) is 5.92 Å². The van der Waals surface area contributed by atoms with Gasteiger partial charge in [-0.1, -0.05) is 19.8 Å². The van der Waals surface area contributed by atoms with Gasteiger partial charge in [0, 0.05) is 12.5 Å². The van der Waals surface area contributed by atoms with Gasteiger partial charge in [-0.3, -0.25) is 4.99 Å². The highest BCUT2D eigenvalue weighted by Gasteiger charge is 2.18. The normalized spacial score (nSPS) is 19.2. The number of nitrogens with two attached hydrogens (primary N) is 1. The lowest BCUT2D eigenvalue weighted by Gasteiger charge is -2.08. The van der Waals surface area contributed by atoms with Crippen LogP contribution in [-0.4, -0.2) is 33.1 Å². The van der Waals surface area contributed by atoms with Crippen molar-refractivity contribution in [2.24, 2.45) is 16.6 Å². The van der Waals surface area contributed by atoms with Crippen LogP contribution in [0.3, 0.4) is 0 Å². The SMILES string of the molecule is CCNS(=O)(=O)CCN=C(N)C1CCCC1. The number of amidine groups is 1. The van der Waals surface area contributed by atoms with Gasteiger partial charge in [-0.05, 0) is 12.8 Å². The maximum atomic E-state index is 11.3. The number of nitrogens with zero attached hydrogens (tertiary/aromatic N) is 1. The Morgan fingerprint density at radius 1 is 1.44 bits per heavy atom. The quantitative estimate of drug-likeness (QED) is 0.528. The Hall–Kier alpha value is -0.620. The van der Waals surface area contributed by atoms with Crippen LogP contribution in [0.15, 0.2) is 4.99 Å². The summed E-state index contributed by atoms with van der Waals surface area (Å²) in [6.07, 6.45) is 4.59. The zero-order valence-electron chi connectivity index (χ0n) is 9.78. The van der Waals surface area contributed by atoms with Gasteiger partial charge in [0.2, 0.25) is 10.0 Å². The first-order valence-electron chi connectivity index (χ1n) is 5.82. The fourth-order valence-electron chi connectivity index (χ4n) is 1.94. The summed E-state index contributed by atoms with van der Waals surface area (Å²) >= 11 is 0. The molecule has 0 heterocycles. The lowest BCUT2D eigenvalue weighted by atomic mass is 10.1. The van der Waals surface area contributed by atoms with Crippen molar-refractivity contribution in [2.45, 2.75) is 32.6 Å². The summed E-state index contributed by atoms with van der Waals surface area (Å²) in [7, 11) is -3.16. The zero-order valence-corrected chi connectivity index (χ0v) is 10.6. The van der Waals surface area contributed by atoms with Gasteiger partial charge in [0.1, 0.15) is 0 Å². The lowest BCUT2D eigenvalue weighted by Crippen LogP contribution is -2.28. The van der Waals surface area contributed by atoms with E-state index in [0.29, 0.717) is 18.3 Å². The van der Waals surface area contributed by atoms with E-state index in [1.165, 1.54) is 12.8 Å². The lowest BCUT2D eigenvalue weighted by molar-refractivity contribution is 0.583. The third kappa shape index (κ3) is 4.49. The number of sulfonamides is 1. The highest BCUT2D eigenvalue weighted by atomic mass is 32.2. The Bertz CT molecular complexity index is 332. The fraction of sp³-hybridized carbons (Fsp3) is 0.900. The van der Waals surface area contributed by atoms with Crippen molar-refractivity contribution in [3.8, 4) is 0 Å². The van der Waals surface area contributed by atoms with E-state index in [0.717, 1.165) is 12.8 Å². The Kier molecular flexibility index (Phi) is 5.21. The molecule has 16 heavy (non-hydrogen) atoms. The monoisotopic (exact) mass is 247 g/mol. The molecule has 5 nitrogen and oxygen atoms in total. The van der Waals surface area contributed by atoms with Gasteiger partial charge in [-0.15, -0.1) is 0 Å². The summed E-state index contributed by atoms with van der Waals surface area (Å²) in [5.74, 6) is 1.03. The number of rotatable bonds is 6. The largest absolute Gasteiger partial charge is 0.387 e. The number of hydrogen-bond donors (Lipinski definition) is 2. The maximum Gasteiger partial charge on any atom is 0.213 e. The summed E-state index contributed by atoms with van der Waals surface area (Å²) in [6, 6.07) is 0. The number of nitrogens with one attached hydrogen (secondary N) is 1. The molecule has 1 aliphatic carbocycles. The van der Waals surface area contributed by atoms with Gasteiger partial charge < -0.3 is 5.73 Å². The van der Waals surface area contributed by atoms with Crippen molar-refractivity contribution in [1.29, 1.82) is 0 Å². The molecule has 0 aromatic carbocycles. The van der Waals surface area contributed by atoms with Crippen LogP contribution in [0.5, 0.6) is 0 Å². The Morgan fingerprint density at radius 3 is 2.62 bits per heavy atom. The standard InChI is InChI=1S/C10H21N3O2S/c1-2-13-16(14,15)8-7-12-10(11)9-5-3-4-6-9/h9,13H,2-8H2,1H3,(H2,11,12). The molecule has 0 aromatic rings. The molecule has 0 atom stereocenters. The zero-order chi connectivity index (χ0) is 12.0. The topological polar surface area (TPSA) is 84.5 Å². The molecule has 1 aliphatic rings. The minimum Gasteiger partial charge on any atom is -0.387 e. The van der Waals surface area contributed by atoms with E-state index in [1.807, 2.05) is 0 Å². The van der Waals surface area contributed by atoms with Gasteiger partial charge in [-0.25, -0.2) is 13.1 Å². The van der Waals surface area contributed by atoms with E-state index in [2.05, 4.69) is 9.71 Å². The van der Waals surface area contributed by atoms with Crippen LogP contribution in [0.2, 0.25) is 0 Å². The molecule has 0 amide bonds.